The molecule has 0 saturated carbocycles. The van der Waals surface area contributed by atoms with E-state index in [1.165, 1.54) is 36.4 Å². The van der Waals surface area contributed by atoms with E-state index in [9.17, 15) is 38.4 Å². The highest BCUT2D eigenvalue weighted by Gasteiger charge is 2.50. The summed E-state index contributed by atoms with van der Waals surface area (Å²) in [7, 11) is -3.82. The number of aliphatic hydroxyl groups excluding tert-OH is 4. The van der Waals surface area contributed by atoms with Crippen LogP contribution >= 0.6 is 0 Å². The molecule has 2 fully saturated rings. The van der Waals surface area contributed by atoms with Crippen molar-refractivity contribution in [2.24, 2.45) is 5.73 Å². The number of nitrogens with zero attached hydrogens (tertiary/aromatic N) is 1. The maximum absolute atomic E-state index is 12.6. The first kappa shape index (κ1) is 31.5. The van der Waals surface area contributed by atoms with Crippen molar-refractivity contribution in [3.05, 3.63) is 93.3 Å². The summed E-state index contributed by atoms with van der Waals surface area (Å²) in [6.07, 6.45) is -11.8. The highest BCUT2D eigenvalue weighted by molar-refractivity contribution is 7.92. The van der Waals surface area contributed by atoms with Crippen LogP contribution in [0.3, 0.4) is 0 Å². The van der Waals surface area contributed by atoms with E-state index in [1.807, 2.05) is 4.98 Å². The Kier molecular flexibility index (Phi) is 9.31. The number of aliphatic hydroxyl groups is 4. The maximum Gasteiger partial charge on any atom is 0.330 e. The molecule has 0 amide bonds. The zero-order valence-electron chi connectivity index (χ0n) is 22.8. The topological polar surface area (TPSA) is 236 Å². The van der Waals surface area contributed by atoms with E-state index in [2.05, 4.69) is 16.6 Å². The molecule has 5 rings (SSSR count). The second-order valence-corrected chi connectivity index (χ2v) is 11.8. The molecule has 16 heteroatoms. The van der Waals surface area contributed by atoms with Crippen LogP contribution in [0, 0.1) is 11.8 Å². The van der Waals surface area contributed by atoms with Gasteiger partial charge in [-0.1, -0.05) is 30.0 Å². The van der Waals surface area contributed by atoms with Gasteiger partial charge in [-0.25, -0.2) is 13.2 Å². The molecular formula is C28H30N4O11S. The number of hydrogen-bond acceptors (Lipinski definition) is 12. The highest BCUT2D eigenvalue weighted by atomic mass is 32.2. The first-order valence-corrected chi connectivity index (χ1v) is 14.9. The molecule has 15 nitrogen and oxygen atoms in total. The van der Waals surface area contributed by atoms with Gasteiger partial charge >= 0.3 is 5.69 Å². The lowest BCUT2D eigenvalue weighted by molar-refractivity contribution is -0.205. The molecular weight excluding hydrogens is 600 g/mol. The monoisotopic (exact) mass is 630 g/mol. The number of H-pyrrole nitrogens is 1. The van der Waals surface area contributed by atoms with Gasteiger partial charge in [0.05, 0.1) is 4.90 Å². The predicted octanol–water partition coefficient (Wildman–Crippen LogP) is -2.20. The van der Waals surface area contributed by atoms with Crippen molar-refractivity contribution in [1.82, 2.24) is 9.55 Å². The normalized spacial score (nSPS) is 29.1. The summed E-state index contributed by atoms with van der Waals surface area (Å²) in [4.78, 5) is 25.9. The number of nitrogens with one attached hydrogen (secondary N) is 2. The number of ether oxygens (including phenoxy) is 3. The van der Waals surface area contributed by atoms with Crippen LogP contribution in [0.1, 0.15) is 11.8 Å². The summed E-state index contributed by atoms with van der Waals surface area (Å²) >= 11 is 0. The molecule has 234 valence electrons. The Balaban J connectivity index is 1.40. The van der Waals surface area contributed by atoms with E-state index in [1.54, 1.807) is 18.2 Å². The van der Waals surface area contributed by atoms with Crippen LogP contribution in [-0.4, -0.2) is 94.0 Å². The van der Waals surface area contributed by atoms with Crippen molar-refractivity contribution in [2.45, 2.75) is 60.1 Å². The third-order valence-electron chi connectivity index (χ3n) is 7.08. The van der Waals surface area contributed by atoms with E-state index < -0.39 is 76.5 Å². The van der Waals surface area contributed by atoms with E-state index in [0.717, 1.165) is 16.8 Å². The van der Waals surface area contributed by atoms with Crippen LogP contribution < -0.4 is 21.7 Å². The molecule has 8 N–H and O–H groups in total. The Morgan fingerprint density at radius 2 is 1.66 bits per heavy atom. The number of benzene rings is 2. The Morgan fingerprint density at radius 3 is 2.30 bits per heavy atom. The van der Waals surface area contributed by atoms with Gasteiger partial charge in [-0.05, 0) is 36.4 Å². The van der Waals surface area contributed by atoms with Gasteiger partial charge in [0.1, 0.15) is 36.6 Å². The number of aromatic amines is 1. The van der Waals surface area contributed by atoms with Crippen molar-refractivity contribution in [3.63, 3.8) is 0 Å². The van der Waals surface area contributed by atoms with Crippen LogP contribution in [0.5, 0.6) is 0 Å². The van der Waals surface area contributed by atoms with Gasteiger partial charge in [-0.2, -0.15) is 0 Å². The zero-order valence-corrected chi connectivity index (χ0v) is 23.7. The molecule has 3 heterocycles. The Hall–Kier alpha value is -3.89. The summed E-state index contributed by atoms with van der Waals surface area (Å²) < 4.78 is 45.7. The average molecular weight is 631 g/mol. The van der Waals surface area contributed by atoms with Crippen LogP contribution in [0.4, 0.5) is 5.69 Å². The Labute approximate surface area is 250 Å². The van der Waals surface area contributed by atoms with Gasteiger partial charge in [-0.15, -0.1) is 0 Å². The van der Waals surface area contributed by atoms with Crippen molar-refractivity contribution in [2.75, 3.05) is 11.3 Å². The summed E-state index contributed by atoms with van der Waals surface area (Å²) in [5, 5.41) is 42.3. The number of sulfonamides is 1. The van der Waals surface area contributed by atoms with Gasteiger partial charge in [-0.3, -0.25) is 19.1 Å². The number of anilines is 1. The maximum atomic E-state index is 12.6. The minimum Gasteiger partial charge on any atom is -0.387 e. The first-order chi connectivity index (χ1) is 21.0. The van der Waals surface area contributed by atoms with Crippen LogP contribution in [0.15, 0.2) is 81.3 Å². The molecule has 9 atom stereocenters. The van der Waals surface area contributed by atoms with E-state index >= 15 is 0 Å². The fourth-order valence-corrected chi connectivity index (χ4v) is 5.82. The molecule has 0 unspecified atom stereocenters. The third-order valence-corrected chi connectivity index (χ3v) is 8.48. The number of rotatable bonds is 8. The number of hydrogen-bond donors (Lipinski definition) is 7. The van der Waals surface area contributed by atoms with Crippen LogP contribution in [0.2, 0.25) is 0 Å². The third kappa shape index (κ3) is 6.61. The van der Waals surface area contributed by atoms with Crippen molar-refractivity contribution in [1.29, 1.82) is 0 Å². The molecule has 0 spiro atoms. The standard InChI is InChI=1S/C28H30N4O11S/c29-14-19-21(34)24(37)27(42-19)41-18(25-22(35)23(36)26(43-25)32-13-12-20(33)30-28(32)38)11-8-15-6-9-16(10-7-15)31-44(39,40)17-4-2-1-3-5-17/h1-7,9-10,12-13,18-19,21-27,31,34-37H,14,29H2,(H,30,33,38)/t18-,19+,21+,22-,23+,24+,25+,26+,27+/m0/s1. The van der Waals surface area contributed by atoms with E-state index in [4.69, 9.17) is 19.9 Å². The van der Waals surface area contributed by atoms with E-state index in [-0.39, 0.29) is 17.1 Å². The fraction of sp³-hybridized carbons (Fsp3) is 0.357. The molecule has 0 radical (unpaired) electrons. The SMILES string of the molecule is NC[C@H]1O[C@@H](O[C@@H](C#Cc2ccc(NS(=O)(=O)c3ccccc3)cc2)[C@H]2O[C@@H](n3ccc(=O)[nH]c3=O)[C@H](O)[C@@H]2O)[C@H](O)[C@@H]1O. The quantitative estimate of drug-likeness (QED) is 0.131. The van der Waals surface area contributed by atoms with Crippen LogP contribution in [0.25, 0.3) is 0 Å². The Bertz CT molecular complexity index is 1740. The van der Waals surface area contributed by atoms with Gasteiger partial charge in [0.25, 0.3) is 15.6 Å². The first-order valence-electron chi connectivity index (χ1n) is 13.4. The molecule has 1 aromatic heterocycles. The molecule has 2 aliphatic heterocycles. The number of nitrogens with two attached hydrogens (primary N) is 1. The smallest absolute Gasteiger partial charge is 0.330 e. The van der Waals surface area contributed by atoms with Gasteiger partial charge in [0.15, 0.2) is 18.6 Å². The summed E-state index contributed by atoms with van der Waals surface area (Å²) in [6, 6.07) is 14.8. The molecule has 2 aliphatic rings. The molecule has 2 aromatic carbocycles. The minimum atomic E-state index is -3.82. The summed E-state index contributed by atoms with van der Waals surface area (Å²) in [5.74, 6) is 5.57. The van der Waals surface area contributed by atoms with Crippen LogP contribution in [-0.2, 0) is 24.2 Å². The molecule has 3 aromatic rings. The van der Waals surface area contributed by atoms with E-state index in [0.29, 0.717) is 5.56 Å². The Morgan fingerprint density at radius 1 is 0.955 bits per heavy atom. The van der Waals surface area contributed by atoms with Gasteiger partial charge in [0, 0.05) is 30.1 Å². The van der Waals surface area contributed by atoms with Crippen molar-refractivity contribution in [3.8, 4) is 11.8 Å². The van der Waals surface area contributed by atoms with Gasteiger partial charge in [0.2, 0.25) is 0 Å². The van der Waals surface area contributed by atoms with Crippen molar-refractivity contribution < 1.29 is 43.1 Å². The fourth-order valence-electron chi connectivity index (χ4n) is 4.74. The summed E-state index contributed by atoms with van der Waals surface area (Å²) in [5.41, 5.74) is 4.66. The highest BCUT2D eigenvalue weighted by Crippen LogP contribution is 2.33. The lowest BCUT2D eigenvalue weighted by Crippen LogP contribution is -2.43. The summed E-state index contributed by atoms with van der Waals surface area (Å²) in [6.45, 7) is -0.132. The molecule has 44 heavy (non-hydrogen) atoms. The molecule has 0 aliphatic carbocycles. The van der Waals surface area contributed by atoms with Gasteiger partial charge < -0.3 is 40.4 Å². The molecule has 2 saturated heterocycles. The van der Waals surface area contributed by atoms with Crippen molar-refractivity contribution >= 4 is 15.7 Å². The molecule has 0 bridgehead atoms. The average Bonchev–Trinajstić information content (AvgIpc) is 3.45. The second-order valence-electron chi connectivity index (χ2n) is 10.1. The largest absolute Gasteiger partial charge is 0.387 e. The zero-order chi connectivity index (χ0) is 31.6. The minimum absolute atomic E-state index is 0.0851. The second kappa shape index (κ2) is 13.0. The number of aromatic nitrogens is 2. The predicted molar refractivity (Wildman–Crippen MR) is 152 cm³/mol. The lowest BCUT2D eigenvalue weighted by atomic mass is 10.0. The lowest BCUT2D eigenvalue weighted by Gasteiger charge is -2.26.